The van der Waals surface area contributed by atoms with E-state index >= 15 is 0 Å². The Morgan fingerprint density at radius 1 is 1.21 bits per heavy atom. The van der Waals surface area contributed by atoms with Crippen molar-refractivity contribution in [3.05, 3.63) is 65.7 Å². The van der Waals surface area contributed by atoms with Gasteiger partial charge < -0.3 is 19.3 Å². The Bertz CT molecular complexity index is 1110. The molecule has 0 aliphatic carbocycles. The number of para-hydroxylation sites is 2. The van der Waals surface area contributed by atoms with Crippen LogP contribution in [0.2, 0.25) is 0 Å². The molecule has 0 fully saturated rings. The number of rotatable bonds is 4. The standard InChI is InChI=1S/C21H20N4O3/c1-24-16-6-4-3-5-15(16)23-21(24)19-17(26)12-25(20(19)22)14-9-7-13(8-10-14)11-18(27)28-2/h3-10,22,26H,11-12H2,1-2H3. The Morgan fingerprint density at radius 3 is 2.61 bits per heavy atom. The molecule has 2 aromatic carbocycles. The SMILES string of the molecule is COC(=O)Cc1ccc(N2CC(O)=C(c3nc4ccccc4n3C)C2=N)cc1. The van der Waals surface area contributed by atoms with Crippen molar-refractivity contribution in [1.29, 1.82) is 5.41 Å². The van der Waals surface area contributed by atoms with Gasteiger partial charge in [0.25, 0.3) is 0 Å². The quantitative estimate of drug-likeness (QED) is 0.683. The zero-order valence-electron chi connectivity index (χ0n) is 15.6. The number of aromatic nitrogens is 2. The van der Waals surface area contributed by atoms with E-state index in [-0.39, 0.29) is 30.5 Å². The molecule has 0 bridgehead atoms. The van der Waals surface area contributed by atoms with Crippen LogP contribution in [0.3, 0.4) is 0 Å². The van der Waals surface area contributed by atoms with E-state index in [0.717, 1.165) is 22.3 Å². The maximum atomic E-state index is 11.4. The van der Waals surface area contributed by atoms with Crippen molar-refractivity contribution >= 4 is 34.1 Å². The summed E-state index contributed by atoms with van der Waals surface area (Å²) in [6.45, 7) is 0.202. The molecular formula is C21H20N4O3. The number of methoxy groups -OCH3 is 1. The topological polar surface area (TPSA) is 91.4 Å². The summed E-state index contributed by atoms with van der Waals surface area (Å²) in [6.07, 6.45) is 0.197. The molecule has 7 nitrogen and oxygen atoms in total. The van der Waals surface area contributed by atoms with Crippen LogP contribution in [0.5, 0.6) is 0 Å². The molecule has 28 heavy (non-hydrogen) atoms. The average Bonchev–Trinajstić information content (AvgIpc) is 3.18. The van der Waals surface area contributed by atoms with Crippen LogP contribution >= 0.6 is 0 Å². The van der Waals surface area contributed by atoms with Crippen LogP contribution in [0.1, 0.15) is 11.4 Å². The first-order valence-electron chi connectivity index (χ1n) is 8.85. The number of benzene rings is 2. The molecule has 4 rings (SSSR count). The smallest absolute Gasteiger partial charge is 0.309 e. The second-order valence-electron chi connectivity index (χ2n) is 6.66. The molecule has 1 aliphatic heterocycles. The van der Waals surface area contributed by atoms with Gasteiger partial charge in [0, 0.05) is 12.7 Å². The lowest BCUT2D eigenvalue weighted by Crippen LogP contribution is -2.26. The van der Waals surface area contributed by atoms with E-state index in [1.54, 1.807) is 4.90 Å². The lowest BCUT2D eigenvalue weighted by atomic mass is 10.1. The zero-order valence-corrected chi connectivity index (χ0v) is 15.6. The van der Waals surface area contributed by atoms with Crippen LogP contribution in [-0.2, 0) is 23.0 Å². The second-order valence-corrected chi connectivity index (χ2v) is 6.66. The minimum Gasteiger partial charge on any atom is -0.509 e. The van der Waals surface area contributed by atoms with E-state index in [1.807, 2.05) is 60.1 Å². The highest BCUT2D eigenvalue weighted by Crippen LogP contribution is 2.32. The Hall–Kier alpha value is -3.61. The van der Waals surface area contributed by atoms with Gasteiger partial charge in [-0.3, -0.25) is 10.2 Å². The van der Waals surface area contributed by atoms with E-state index in [0.29, 0.717) is 11.4 Å². The van der Waals surface area contributed by atoms with Crippen LogP contribution in [0.15, 0.2) is 54.3 Å². The summed E-state index contributed by atoms with van der Waals surface area (Å²) in [7, 11) is 3.24. The molecule has 2 N–H and O–H groups in total. The number of imidazole rings is 1. The Morgan fingerprint density at radius 2 is 1.93 bits per heavy atom. The van der Waals surface area contributed by atoms with Crippen molar-refractivity contribution in [3.8, 4) is 0 Å². The molecule has 0 radical (unpaired) electrons. The van der Waals surface area contributed by atoms with Gasteiger partial charge in [-0.15, -0.1) is 0 Å². The van der Waals surface area contributed by atoms with Crippen molar-refractivity contribution < 1.29 is 14.6 Å². The van der Waals surface area contributed by atoms with E-state index < -0.39 is 0 Å². The fourth-order valence-corrected chi connectivity index (χ4v) is 3.44. The number of aliphatic hydroxyl groups is 1. The number of ether oxygens (including phenoxy) is 1. The summed E-state index contributed by atoms with van der Waals surface area (Å²) in [5, 5.41) is 19.2. The zero-order chi connectivity index (χ0) is 19.8. The Labute approximate surface area is 162 Å². The van der Waals surface area contributed by atoms with E-state index in [4.69, 9.17) is 5.41 Å². The third-order valence-corrected chi connectivity index (χ3v) is 4.94. The summed E-state index contributed by atoms with van der Waals surface area (Å²) < 4.78 is 6.57. The van der Waals surface area contributed by atoms with Crippen LogP contribution < -0.4 is 4.90 Å². The Balaban J connectivity index is 1.63. The molecule has 0 unspecified atom stereocenters. The van der Waals surface area contributed by atoms with Gasteiger partial charge in [0.1, 0.15) is 17.4 Å². The molecule has 3 aromatic rings. The van der Waals surface area contributed by atoms with E-state index in [1.165, 1.54) is 7.11 Å². The molecule has 0 saturated heterocycles. The highest BCUT2D eigenvalue weighted by atomic mass is 16.5. The molecule has 1 aliphatic rings. The maximum absolute atomic E-state index is 11.4. The number of carbonyl (C=O) groups excluding carboxylic acids is 1. The predicted octanol–water partition coefficient (Wildman–Crippen LogP) is 3.06. The van der Waals surface area contributed by atoms with Gasteiger partial charge in [0.15, 0.2) is 0 Å². The fraction of sp³-hybridized carbons (Fsp3) is 0.190. The first-order chi connectivity index (χ1) is 13.5. The summed E-state index contributed by atoms with van der Waals surface area (Å²) in [5.41, 5.74) is 3.78. The fourth-order valence-electron chi connectivity index (χ4n) is 3.44. The van der Waals surface area contributed by atoms with Crippen LogP contribution in [-0.4, -0.2) is 40.1 Å². The van der Waals surface area contributed by atoms with E-state index in [2.05, 4.69) is 9.72 Å². The number of nitrogens with one attached hydrogen (secondary N) is 1. The van der Waals surface area contributed by atoms with Crippen LogP contribution in [0.4, 0.5) is 5.69 Å². The third kappa shape index (κ3) is 2.90. The number of esters is 1. The van der Waals surface area contributed by atoms with Crippen molar-refractivity contribution in [2.45, 2.75) is 6.42 Å². The predicted molar refractivity (Wildman–Crippen MR) is 107 cm³/mol. The van der Waals surface area contributed by atoms with Crippen LogP contribution in [0, 0.1) is 5.41 Å². The third-order valence-electron chi connectivity index (χ3n) is 4.94. The minimum atomic E-state index is -0.301. The van der Waals surface area contributed by atoms with Crippen molar-refractivity contribution in [3.63, 3.8) is 0 Å². The number of anilines is 1. The molecule has 0 amide bonds. The maximum Gasteiger partial charge on any atom is 0.309 e. The highest BCUT2D eigenvalue weighted by molar-refractivity contribution is 6.30. The number of amidine groups is 1. The van der Waals surface area contributed by atoms with Crippen molar-refractivity contribution in [2.75, 3.05) is 18.6 Å². The van der Waals surface area contributed by atoms with Gasteiger partial charge in [-0.25, -0.2) is 4.98 Å². The van der Waals surface area contributed by atoms with Gasteiger partial charge in [0.05, 0.1) is 36.7 Å². The number of fused-ring (bicyclic) bond motifs is 1. The molecule has 2 heterocycles. The summed E-state index contributed by atoms with van der Waals surface area (Å²) in [4.78, 5) is 17.7. The lowest BCUT2D eigenvalue weighted by molar-refractivity contribution is -0.139. The molecule has 142 valence electrons. The summed E-state index contributed by atoms with van der Waals surface area (Å²) >= 11 is 0. The molecular weight excluding hydrogens is 356 g/mol. The lowest BCUT2D eigenvalue weighted by Gasteiger charge is -2.19. The molecule has 0 saturated carbocycles. The number of carbonyl (C=O) groups is 1. The molecule has 7 heteroatoms. The highest BCUT2D eigenvalue weighted by Gasteiger charge is 2.32. The van der Waals surface area contributed by atoms with Gasteiger partial charge in [-0.1, -0.05) is 24.3 Å². The van der Waals surface area contributed by atoms with Crippen molar-refractivity contribution in [2.24, 2.45) is 7.05 Å². The van der Waals surface area contributed by atoms with Crippen molar-refractivity contribution in [1.82, 2.24) is 9.55 Å². The van der Waals surface area contributed by atoms with Gasteiger partial charge in [0.2, 0.25) is 0 Å². The first-order valence-corrected chi connectivity index (χ1v) is 8.85. The summed E-state index contributed by atoms with van der Waals surface area (Å²) in [6, 6.07) is 15.0. The number of aryl methyl sites for hydroxylation is 1. The van der Waals surface area contributed by atoms with Gasteiger partial charge in [-0.2, -0.15) is 0 Å². The monoisotopic (exact) mass is 376 g/mol. The second kappa shape index (κ2) is 6.84. The van der Waals surface area contributed by atoms with Gasteiger partial charge in [-0.05, 0) is 29.8 Å². The van der Waals surface area contributed by atoms with Crippen LogP contribution in [0.25, 0.3) is 16.6 Å². The van der Waals surface area contributed by atoms with E-state index in [9.17, 15) is 9.90 Å². The largest absolute Gasteiger partial charge is 0.509 e. The first kappa shape index (κ1) is 17.8. The minimum absolute atomic E-state index is 0.113. The molecule has 0 atom stereocenters. The Kier molecular flexibility index (Phi) is 4.35. The normalized spacial score (nSPS) is 14.2. The number of hydrogen-bond acceptors (Lipinski definition) is 5. The number of aliphatic hydroxyl groups excluding tert-OH is 1. The molecule has 1 aromatic heterocycles. The summed E-state index contributed by atoms with van der Waals surface area (Å²) in [5.74, 6) is 0.567. The van der Waals surface area contributed by atoms with Gasteiger partial charge >= 0.3 is 5.97 Å². The average molecular weight is 376 g/mol. The number of nitrogens with zero attached hydrogens (tertiary/aromatic N) is 3. The molecule has 0 spiro atoms. The number of hydrogen-bond donors (Lipinski definition) is 2.